The molecule has 0 saturated carbocycles. The maximum absolute atomic E-state index is 13.0. The summed E-state index contributed by atoms with van der Waals surface area (Å²) in [5, 5.41) is 7.04. The van der Waals surface area contributed by atoms with Gasteiger partial charge < -0.3 is 0 Å². The number of hydrogen-bond acceptors (Lipinski definition) is 1. The van der Waals surface area contributed by atoms with Gasteiger partial charge in [0.15, 0.2) is 0 Å². The van der Waals surface area contributed by atoms with Gasteiger partial charge in [0.2, 0.25) is 0 Å². The molecular formula is C9H5BrClFN2. The average molecular weight is 276 g/mol. The molecule has 0 spiro atoms. The summed E-state index contributed by atoms with van der Waals surface area (Å²) in [6, 6.07) is 6.06. The molecule has 2 nitrogen and oxygen atoms in total. The Morgan fingerprint density at radius 2 is 2.07 bits per heavy atom. The van der Waals surface area contributed by atoms with Crippen molar-refractivity contribution < 1.29 is 4.39 Å². The zero-order valence-corrected chi connectivity index (χ0v) is 9.23. The molecule has 1 aromatic heterocycles. The van der Waals surface area contributed by atoms with Gasteiger partial charge in [-0.2, -0.15) is 5.10 Å². The Balaban J connectivity index is 2.51. The van der Waals surface area contributed by atoms with Crippen molar-refractivity contribution >= 4 is 27.5 Å². The summed E-state index contributed by atoms with van der Waals surface area (Å²) in [5.74, 6) is -0.369. The first-order valence-electron chi connectivity index (χ1n) is 3.82. The Hall–Kier alpha value is -0.870. The molecule has 0 fully saturated rings. The van der Waals surface area contributed by atoms with Crippen molar-refractivity contribution in [3.63, 3.8) is 0 Å². The summed E-state index contributed by atoms with van der Waals surface area (Å²) in [6.45, 7) is 0. The van der Waals surface area contributed by atoms with Crippen LogP contribution in [-0.4, -0.2) is 10.2 Å². The summed E-state index contributed by atoms with van der Waals surface area (Å²) in [5.41, 5.74) is 1.30. The van der Waals surface area contributed by atoms with Crippen LogP contribution in [0, 0.1) is 5.82 Å². The van der Waals surface area contributed by atoms with Crippen molar-refractivity contribution in [1.82, 2.24) is 10.2 Å². The van der Waals surface area contributed by atoms with E-state index in [4.69, 9.17) is 11.6 Å². The van der Waals surface area contributed by atoms with Crippen LogP contribution in [0.25, 0.3) is 11.3 Å². The zero-order valence-electron chi connectivity index (χ0n) is 6.89. The minimum Gasteiger partial charge on any atom is -0.271 e. The molecular weight excluding hydrogens is 270 g/mol. The number of benzene rings is 1. The van der Waals surface area contributed by atoms with E-state index >= 15 is 0 Å². The first-order valence-corrected chi connectivity index (χ1v) is 4.99. The number of rotatable bonds is 1. The predicted octanol–water partition coefficient (Wildman–Crippen LogP) is 3.63. The molecule has 2 rings (SSSR count). The fourth-order valence-electron chi connectivity index (χ4n) is 1.15. The van der Waals surface area contributed by atoms with E-state index in [9.17, 15) is 4.39 Å². The lowest BCUT2D eigenvalue weighted by atomic mass is 10.1. The van der Waals surface area contributed by atoms with Gasteiger partial charge in [-0.15, -0.1) is 0 Å². The molecule has 0 aliphatic heterocycles. The quantitative estimate of drug-likeness (QED) is 0.846. The number of aromatic nitrogens is 2. The van der Waals surface area contributed by atoms with Crippen LogP contribution in [0.15, 0.2) is 28.9 Å². The Morgan fingerprint density at radius 1 is 1.29 bits per heavy atom. The van der Waals surface area contributed by atoms with E-state index in [1.165, 1.54) is 12.1 Å². The molecule has 5 heteroatoms. The van der Waals surface area contributed by atoms with E-state index in [-0.39, 0.29) is 5.82 Å². The second-order valence-corrected chi connectivity index (χ2v) is 4.05. The lowest BCUT2D eigenvalue weighted by Crippen LogP contribution is -1.81. The summed E-state index contributed by atoms with van der Waals surface area (Å²) in [4.78, 5) is 0. The second kappa shape index (κ2) is 3.71. The fourth-order valence-corrected chi connectivity index (χ4v) is 1.68. The average Bonchev–Trinajstić information content (AvgIpc) is 2.50. The molecule has 0 aliphatic rings. The Morgan fingerprint density at radius 3 is 2.64 bits per heavy atom. The molecule has 0 radical (unpaired) electrons. The summed E-state index contributed by atoms with van der Waals surface area (Å²) in [7, 11) is 0. The summed E-state index contributed by atoms with van der Waals surface area (Å²) < 4.78 is 13.7. The molecule has 2 aromatic rings. The van der Waals surface area contributed by atoms with E-state index < -0.39 is 0 Å². The van der Waals surface area contributed by atoms with Crippen molar-refractivity contribution in [3.05, 3.63) is 39.7 Å². The van der Waals surface area contributed by atoms with Crippen LogP contribution in [0.2, 0.25) is 5.02 Å². The van der Waals surface area contributed by atoms with Crippen LogP contribution >= 0.6 is 27.5 Å². The highest BCUT2D eigenvalue weighted by atomic mass is 79.9. The molecule has 0 aliphatic carbocycles. The zero-order chi connectivity index (χ0) is 10.1. The van der Waals surface area contributed by atoms with Gasteiger partial charge in [0.1, 0.15) is 10.4 Å². The monoisotopic (exact) mass is 274 g/mol. The normalized spacial score (nSPS) is 10.5. The Bertz CT molecular complexity index is 449. The molecule has 1 aromatic carbocycles. The van der Waals surface area contributed by atoms with Crippen LogP contribution in [0.5, 0.6) is 0 Å². The van der Waals surface area contributed by atoms with Gasteiger partial charge in [-0.05, 0) is 40.2 Å². The molecule has 0 atom stereocenters. The largest absolute Gasteiger partial charge is 0.271 e. The number of H-pyrrole nitrogens is 1. The van der Waals surface area contributed by atoms with E-state index in [0.717, 1.165) is 4.60 Å². The standard InChI is InChI=1S/C9H5BrClFN2/c10-9-4-8(13-14-9)5-1-6(11)3-7(12)2-5/h1-4H,(H,13,14). The Labute approximate surface area is 93.2 Å². The predicted molar refractivity (Wildman–Crippen MR) is 56.7 cm³/mol. The molecule has 0 saturated heterocycles. The van der Waals surface area contributed by atoms with E-state index in [1.807, 2.05) is 0 Å². The van der Waals surface area contributed by atoms with Crippen LogP contribution in [0.3, 0.4) is 0 Å². The third kappa shape index (κ3) is 1.96. The van der Waals surface area contributed by atoms with E-state index in [0.29, 0.717) is 16.3 Å². The Kier molecular flexibility index (Phi) is 2.56. The number of halogens is 3. The first-order chi connectivity index (χ1) is 6.65. The first kappa shape index (κ1) is 9.68. The van der Waals surface area contributed by atoms with Crippen molar-refractivity contribution in [3.8, 4) is 11.3 Å². The molecule has 0 amide bonds. The van der Waals surface area contributed by atoms with Crippen molar-refractivity contribution in [2.45, 2.75) is 0 Å². The molecule has 0 unspecified atom stereocenters. The second-order valence-electron chi connectivity index (χ2n) is 2.76. The lowest BCUT2D eigenvalue weighted by molar-refractivity contribution is 0.628. The fraction of sp³-hybridized carbons (Fsp3) is 0. The summed E-state index contributed by atoms with van der Waals surface area (Å²) in [6.07, 6.45) is 0. The number of hydrogen-bond donors (Lipinski definition) is 1. The number of nitrogens with zero attached hydrogens (tertiary/aromatic N) is 1. The lowest BCUT2D eigenvalue weighted by Gasteiger charge is -1.97. The minimum atomic E-state index is -0.369. The van der Waals surface area contributed by atoms with Crippen molar-refractivity contribution in [2.75, 3.05) is 0 Å². The van der Waals surface area contributed by atoms with Gasteiger partial charge in [-0.25, -0.2) is 4.39 Å². The van der Waals surface area contributed by atoms with Gasteiger partial charge in [-0.1, -0.05) is 11.6 Å². The van der Waals surface area contributed by atoms with Crippen molar-refractivity contribution in [2.24, 2.45) is 0 Å². The van der Waals surface area contributed by atoms with Crippen LogP contribution in [0.1, 0.15) is 0 Å². The summed E-state index contributed by atoms with van der Waals surface area (Å²) >= 11 is 8.94. The minimum absolute atomic E-state index is 0.360. The van der Waals surface area contributed by atoms with E-state index in [1.54, 1.807) is 12.1 Å². The van der Waals surface area contributed by atoms with Gasteiger partial charge in [0, 0.05) is 10.6 Å². The third-order valence-corrected chi connectivity index (χ3v) is 2.33. The molecule has 72 valence electrons. The van der Waals surface area contributed by atoms with Crippen LogP contribution in [0.4, 0.5) is 4.39 Å². The number of nitrogens with one attached hydrogen (secondary N) is 1. The highest BCUT2D eigenvalue weighted by Crippen LogP contribution is 2.24. The third-order valence-electron chi connectivity index (χ3n) is 1.70. The SMILES string of the molecule is Fc1cc(Cl)cc(-c2cc(Br)[nH]n2)c1. The smallest absolute Gasteiger partial charge is 0.125 e. The van der Waals surface area contributed by atoms with Gasteiger partial charge in [-0.3, -0.25) is 5.10 Å². The van der Waals surface area contributed by atoms with Crippen LogP contribution < -0.4 is 0 Å². The van der Waals surface area contributed by atoms with Gasteiger partial charge in [0.05, 0.1) is 5.69 Å². The number of aromatic amines is 1. The topological polar surface area (TPSA) is 28.7 Å². The molecule has 0 bridgehead atoms. The molecule has 1 N–H and O–H groups in total. The van der Waals surface area contributed by atoms with Crippen LogP contribution in [-0.2, 0) is 0 Å². The van der Waals surface area contributed by atoms with E-state index in [2.05, 4.69) is 26.1 Å². The highest BCUT2D eigenvalue weighted by Gasteiger charge is 2.05. The maximum Gasteiger partial charge on any atom is 0.125 e. The molecule has 1 heterocycles. The van der Waals surface area contributed by atoms with Crippen molar-refractivity contribution in [1.29, 1.82) is 0 Å². The maximum atomic E-state index is 13.0. The van der Waals surface area contributed by atoms with Gasteiger partial charge >= 0.3 is 0 Å². The molecule has 14 heavy (non-hydrogen) atoms. The van der Waals surface area contributed by atoms with Gasteiger partial charge in [0.25, 0.3) is 0 Å². The highest BCUT2D eigenvalue weighted by molar-refractivity contribution is 9.10.